The molecule has 2 heteroatoms. The Morgan fingerprint density at radius 2 is 2.60 bits per heavy atom. The molecule has 0 aromatic rings. The Balaban J connectivity index is 2.10. The summed E-state index contributed by atoms with van der Waals surface area (Å²) >= 11 is 0. The number of aliphatic hydroxyl groups is 1. The van der Waals surface area contributed by atoms with E-state index in [9.17, 15) is 0 Å². The maximum atomic E-state index is 9.07. The number of hydrogen-bond donors (Lipinski definition) is 1. The van der Waals surface area contributed by atoms with Gasteiger partial charge in [0.2, 0.25) is 0 Å². The van der Waals surface area contributed by atoms with Gasteiger partial charge in [0, 0.05) is 16.7 Å². The molecule has 1 N–H and O–H groups in total. The Morgan fingerprint density at radius 3 is 3.00 bits per heavy atom. The number of rotatable bonds is 1. The van der Waals surface area contributed by atoms with Crippen molar-refractivity contribution in [3.05, 3.63) is 0 Å². The van der Waals surface area contributed by atoms with Crippen molar-refractivity contribution in [1.29, 1.82) is 0 Å². The van der Waals surface area contributed by atoms with Crippen molar-refractivity contribution in [3.63, 3.8) is 0 Å². The minimum atomic E-state index is -2.03. The standard InChI is InChI=1S/C8H15NO/c1-9-6-8(2-3-8)4-7(9)5-10/h7,10H,2-6H2,1H3/i1D3. The van der Waals surface area contributed by atoms with Crippen LogP contribution in [0, 0.1) is 5.41 Å². The van der Waals surface area contributed by atoms with Gasteiger partial charge in [0.1, 0.15) is 0 Å². The molecule has 1 aliphatic heterocycles. The lowest BCUT2D eigenvalue weighted by Gasteiger charge is -2.15. The fraction of sp³-hybridized carbons (Fsp3) is 1.00. The third-order valence-electron chi connectivity index (χ3n) is 2.78. The fourth-order valence-electron chi connectivity index (χ4n) is 1.87. The second-order valence-corrected chi connectivity index (χ2v) is 3.67. The van der Waals surface area contributed by atoms with Crippen molar-refractivity contribution in [3.8, 4) is 0 Å². The van der Waals surface area contributed by atoms with E-state index in [1.54, 1.807) is 0 Å². The lowest BCUT2D eigenvalue weighted by atomic mass is 10.0. The molecule has 0 bridgehead atoms. The summed E-state index contributed by atoms with van der Waals surface area (Å²) in [6, 6.07) is -0.144. The average molecular weight is 144 g/mol. The van der Waals surface area contributed by atoms with Gasteiger partial charge in [-0.25, -0.2) is 0 Å². The number of hydrogen-bond acceptors (Lipinski definition) is 2. The van der Waals surface area contributed by atoms with Crippen molar-refractivity contribution in [2.24, 2.45) is 5.41 Å². The molecule has 1 saturated carbocycles. The summed E-state index contributed by atoms with van der Waals surface area (Å²) in [7, 11) is 0. The van der Waals surface area contributed by atoms with Crippen LogP contribution in [0.2, 0.25) is 0 Å². The maximum absolute atomic E-state index is 9.07. The first kappa shape index (κ1) is 4.07. The van der Waals surface area contributed by atoms with E-state index in [1.165, 1.54) is 4.90 Å². The van der Waals surface area contributed by atoms with E-state index in [4.69, 9.17) is 9.22 Å². The SMILES string of the molecule is [2H]C([2H])([2H])N1CC2(CC2)CC1CO. The van der Waals surface area contributed by atoms with Crippen molar-refractivity contribution >= 4 is 0 Å². The first-order chi connectivity index (χ1) is 5.97. The van der Waals surface area contributed by atoms with Crippen LogP contribution in [0.1, 0.15) is 23.4 Å². The van der Waals surface area contributed by atoms with Gasteiger partial charge in [-0.15, -0.1) is 0 Å². The number of aliphatic hydroxyl groups excluding tert-OH is 1. The molecule has 58 valence electrons. The molecule has 1 heterocycles. The first-order valence-electron chi connectivity index (χ1n) is 5.34. The smallest absolute Gasteiger partial charge is 0.0586 e. The molecule has 1 saturated heterocycles. The quantitative estimate of drug-likeness (QED) is 0.578. The first-order valence-corrected chi connectivity index (χ1v) is 3.84. The molecule has 0 radical (unpaired) electrons. The summed E-state index contributed by atoms with van der Waals surface area (Å²) in [6.45, 7) is -1.41. The third-order valence-corrected chi connectivity index (χ3v) is 2.78. The highest BCUT2D eigenvalue weighted by Gasteiger charge is 2.50. The zero-order chi connectivity index (χ0) is 9.69. The van der Waals surface area contributed by atoms with Crippen molar-refractivity contribution < 1.29 is 9.22 Å². The molecule has 1 spiro atoms. The molecule has 1 atom stereocenters. The van der Waals surface area contributed by atoms with Crippen LogP contribution in [0.3, 0.4) is 0 Å². The van der Waals surface area contributed by atoms with Crippen molar-refractivity contribution in [1.82, 2.24) is 4.90 Å². The van der Waals surface area contributed by atoms with Gasteiger partial charge in [0.15, 0.2) is 0 Å². The van der Waals surface area contributed by atoms with Crippen LogP contribution >= 0.6 is 0 Å². The molecule has 1 aliphatic carbocycles. The van der Waals surface area contributed by atoms with E-state index in [1.807, 2.05) is 0 Å². The number of likely N-dealkylation sites (N-methyl/N-ethyl adjacent to an activating group) is 1. The van der Waals surface area contributed by atoms with Crippen molar-refractivity contribution in [2.75, 3.05) is 20.1 Å². The average Bonchev–Trinajstić information content (AvgIpc) is 2.60. The highest BCUT2D eigenvalue weighted by atomic mass is 16.3. The van der Waals surface area contributed by atoms with Gasteiger partial charge in [-0.1, -0.05) is 0 Å². The van der Waals surface area contributed by atoms with Crippen LogP contribution in [0.25, 0.3) is 0 Å². The Morgan fingerprint density at radius 1 is 1.80 bits per heavy atom. The fourth-order valence-corrected chi connectivity index (χ4v) is 1.87. The minimum Gasteiger partial charge on any atom is -0.395 e. The van der Waals surface area contributed by atoms with Gasteiger partial charge >= 0.3 is 0 Å². The molecule has 10 heavy (non-hydrogen) atoms. The Kier molecular flexibility index (Phi) is 0.796. The minimum absolute atomic E-state index is 0.0276. The van der Waals surface area contributed by atoms with E-state index >= 15 is 0 Å². The van der Waals surface area contributed by atoms with E-state index in [2.05, 4.69) is 0 Å². The topological polar surface area (TPSA) is 23.5 Å². The Labute approximate surface area is 66.1 Å². The summed E-state index contributed by atoms with van der Waals surface area (Å²) in [5.41, 5.74) is 0.252. The van der Waals surface area contributed by atoms with Gasteiger partial charge < -0.3 is 10.0 Å². The molecule has 1 unspecified atom stereocenters. The van der Waals surface area contributed by atoms with Crippen LogP contribution in [-0.2, 0) is 0 Å². The van der Waals surface area contributed by atoms with Crippen LogP contribution in [0.4, 0.5) is 0 Å². The van der Waals surface area contributed by atoms with E-state index < -0.39 is 6.98 Å². The van der Waals surface area contributed by atoms with Crippen LogP contribution in [-0.4, -0.2) is 36.2 Å². The highest BCUT2D eigenvalue weighted by Crippen LogP contribution is 2.54. The van der Waals surface area contributed by atoms with E-state index in [0.29, 0.717) is 6.54 Å². The number of nitrogens with zero attached hydrogens (tertiary/aromatic N) is 1. The monoisotopic (exact) mass is 144 g/mol. The molecule has 2 fully saturated rings. The molecular weight excluding hydrogens is 126 g/mol. The lowest BCUT2D eigenvalue weighted by Crippen LogP contribution is -2.27. The van der Waals surface area contributed by atoms with E-state index in [0.717, 1.165) is 19.3 Å². The summed E-state index contributed by atoms with van der Waals surface area (Å²) in [4.78, 5) is 1.49. The second-order valence-electron chi connectivity index (χ2n) is 3.67. The molecule has 2 rings (SSSR count). The maximum Gasteiger partial charge on any atom is 0.0586 e. The normalized spacial score (nSPS) is 42.9. The van der Waals surface area contributed by atoms with Crippen LogP contribution < -0.4 is 0 Å². The third kappa shape index (κ3) is 0.867. The zero-order valence-electron chi connectivity index (χ0n) is 9.01. The predicted molar refractivity (Wildman–Crippen MR) is 39.8 cm³/mol. The summed E-state index contributed by atoms with van der Waals surface area (Å²) in [5, 5.41) is 9.07. The Bertz CT molecular complexity index is 212. The van der Waals surface area contributed by atoms with E-state index in [-0.39, 0.29) is 18.1 Å². The molecule has 2 aliphatic rings. The molecule has 2 nitrogen and oxygen atoms in total. The largest absolute Gasteiger partial charge is 0.395 e. The van der Waals surface area contributed by atoms with Gasteiger partial charge in [-0.05, 0) is 31.7 Å². The van der Waals surface area contributed by atoms with Gasteiger partial charge in [-0.3, -0.25) is 0 Å². The molecule has 0 amide bonds. The van der Waals surface area contributed by atoms with Crippen LogP contribution in [0.5, 0.6) is 0 Å². The zero-order valence-corrected chi connectivity index (χ0v) is 6.01. The van der Waals surface area contributed by atoms with Gasteiger partial charge in [0.25, 0.3) is 0 Å². The lowest BCUT2D eigenvalue weighted by molar-refractivity contribution is 0.182. The second kappa shape index (κ2) is 1.95. The predicted octanol–water partition coefficient (Wildman–Crippen LogP) is 0.463. The number of likely N-dealkylation sites (tertiary alicyclic amines) is 1. The summed E-state index contributed by atoms with van der Waals surface area (Å²) < 4.78 is 21.9. The summed E-state index contributed by atoms with van der Waals surface area (Å²) in [5.74, 6) is 0. The van der Waals surface area contributed by atoms with Gasteiger partial charge in [0.05, 0.1) is 6.61 Å². The van der Waals surface area contributed by atoms with Crippen LogP contribution in [0.15, 0.2) is 0 Å². The Hall–Kier alpha value is -0.0800. The highest BCUT2D eigenvalue weighted by molar-refractivity contribution is 5.03. The molecule has 0 aromatic heterocycles. The summed E-state index contributed by atoms with van der Waals surface area (Å²) in [6.07, 6.45) is 3.13. The van der Waals surface area contributed by atoms with Gasteiger partial charge in [-0.2, -0.15) is 0 Å². The molecule has 0 aromatic carbocycles. The van der Waals surface area contributed by atoms with Crippen molar-refractivity contribution in [2.45, 2.75) is 25.3 Å². The molecular formula is C8H15NO.